The molecule has 0 saturated carbocycles. The highest BCUT2D eigenvalue weighted by Gasteiger charge is 2.04. The molecule has 4 heteroatoms. The first kappa shape index (κ1) is 12.8. The summed E-state index contributed by atoms with van der Waals surface area (Å²) in [6.45, 7) is 1.91. The molecule has 0 saturated heterocycles. The Hall–Kier alpha value is -1.29. The molecule has 0 aliphatic heterocycles. The third kappa shape index (κ3) is 4.06. The molecule has 0 aromatic heterocycles. The van der Waals surface area contributed by atoms with Gasteiger partial charge in [-0.25, -0.2) is 4.39 Å². The van der Waals surface area contributed by atoms with Crippen molar-refractivity contribution in [2.45, 2.75) is 6.42 Å². The number of benzene rings is 1. The van der Waals surface area contributed by atoms with E-state index in [-0.39, 0.29) is 5.82 Å². The molecule has 0 aliphatic rings. The molecule has 90 valence electrons. The molecule has 1 aromatic rings. The van der Waals surface area contributed by atoms with Gasteiger partial charge in [-0.1, -0.05) is 0 Å². The quantitative estimate of drug-likeness (QED) is 0.775. The number of halogens is 1. The number of anilines is 2. The van der Waals surface area contributed by atoms with Gasteiger partial charge in [0, 0.05) is 25.0 Å². The van der Waals surface area contributed by atoms with Crippen molar-refractivity contribution in [2.75, 3.05) is 44.9 Å². The van der Waals surface area contributed by atoms with Crippen LogP contribution in [0.2, 0.25) is 0 Å². The second-order valence-electron chi connectivity index (χ2n) is 4.32. The van der Waals surface area contributed by atoms with Gasteiger partial charge in [-0.2, -0.15) is 0 Å². The topological polar surface area (TPSA) is 32.5 Å². The Labute approximate surface area is 96.6 Å². The van der Waals surface area contributed by atoms with Crippen molar-refractivity contribution in [1.29, 1.82) is 0 Å². The number of hydrogen-bond acceptors (Lipinski definition) is 3. The number of rotatable bonds is 5. The van der Waals surface area contributed by atoms with Gasteiger partial charge in [-0.05, 0) is 45.3 Å². The van der Waals surface area contributed by atoms with E-state index in [1.165, 1.54) is 12.1 Å². The Kier molecular flexibility index (Phi) is 4.55. The molecule has 1 rings (SSSR count). The van der Waals surface area contributed by atoms with Crippen molar-refractivity contribution < 1.29 is 4.39 Å². The zero-order valence-corrected chi connectivity index (χ0v) is 10.2. The number of nitrogens with two attached hydrogens (primary N) is 1. The lowest BCUT2D eigenvalue weighted by atomic mass is 10.2. The largest absolute Gasteiger partial charge is 0.399 e. The standard InChI is InChI=1S/C12H20FN3/c1-15(2)5-4-6-16(3)12-8-10(13)7-11(14)9-12/h7-9H,4-6,14H2,1-3H3. The number of nitrogens with zero attached hydrogens (tertiary/aromatic N) is 2. The fourth-order valence-electron chi connectivity index (χ4n) is 1.57. The summed E-state index contributed by atoms with van der Waals surface area (Å²) in [5.41, 5.74) is 6.90. The Morgan fingerprint density at radius 2 is 1.81 bits per heavy atom. The van der Waals surface area contributed by atoms with E-state index in [0.29, 0.717) is 5.69 Å². The van der Waals surface area contributed by atoms with Crippen molar-refractivity contribution in [2.24, 2.45) is 0 Å². The fraction of sp³-hybridized carbons (Fsp3) is 0.500. The molecule has 3 nitrogen and oxygen atoms in total. The molecule has 0 spiro atoms. The van der Waals surface area contributed by atoms with E-state index in [2.05, 4.69) is 4.90 Å². The molecule has 0 unspecified atom stereocenters. The Bertz CT molecular complexity index is 319. The summed E-state index contributed by atoms with van der Waals surface area (Å²) in [7, 11) is 6.03. The molecule has 16 heavy (non-hydrogen) atoms. The average molecular weight is 225 g/mol. The predicted molar refractivity (Wildman–Crippen MR) is 67.3 cm³/mol. The highest BCUT2D eigenvalue weighted by Crippen LogP contribution is 2.18. The van der Waals surface area contributed by atoms with Crippen LogP contribution in [0.25, 0.3) is 0 Å². The van der Waals surface area contributed by atoms with Crippen LogP contribution in [0.5, 0.6) is 0 Å². The van der Waals surface area contributed by atoms with Crippen molar-refractivity contribution in [3.05, 3.63) is 24.0 Å². The molecule has 0 radical (unpaired) electrons. The summed E-state index contributed by atoms with van der Waals surface area (Å²) in [6, 6.07) is 4.63. The first-order valence-corrected chi connectivity index (χ1v) is 5.41. The van der Waals surface area contributed by atoms with Gasteiger partial charge in [0.25, 0.3) is 0 Å². The van der Waals surface area contributed by atoms with Crippen LogP contribution >= 0.6 is 0 Å². The predicted octanol–water partition coefficient (Wildman–Crippen LogP) is 1.80. The van der Waals surface area contributed by atoms with Gasteiger partial charge in [-0.15, -0.1) is 0 Å². The highest BCUT2D eigenvalue weighted by atomic mass is 19.1. The second kappa shape index (κ2) is 5.70. The van der Waals surface area contributed by atoms with E-state index in [1.807, 2.05) is 26.0 Å². The van der Waals surface area contributed by atoms with E-state index in [4.69, 9.17) is 5.73 Å². The zero-order valence-electron chi connectivity index (χ0n) is 10.2. The second-order valence-corrected chi connectivity index (χ2v) is 4.32. The summed E-state index contributed by atoms with van der Waals surface area (Å²) in [4.78, 5) is 4.15. The van der Waals surface area contributed by atoms with Gasteiger partial charge in [-0.3, -0.25) is 0 Å². The average Bonchev–Trinajstić information content (AvgIpc) is 2.15. The fourth-order valence-corrected chi connectivity index (χ4v) is 1.57. The van der Waals surface area contributed by atoms with E-state index in [1.54, 1.807) is 6.07 Å². The third-order valence-corrected chi connectivity index (χ3v) is 2.44. The van der Waals surface area contributed by atoms with Crippen LogP contribution in [0.1, 0.15) is 6.42 Å². The van der Waals surface area contributed by atoms with Gasteiger partial charge < -0.3 is 15.5 Å². The molecule has 0 bridgehead atoms. The molecule has 0 heterocycles. The number of nitrogen functional groups attached to an aromatic ring is 1. The van der Waals surface area contributed by atoms with E-state index in [9.17, 15) is 4.39 Å². The van der Waals surface area contributed by atoms with Crippen molar-refractivity contribution in [1.82, 2.24) is 4.90 Å². The monoisotopic (exact) mass is 225 g/mol. The van der Waals surface area contributed by atoms with Gasteiger partial charge in [0.2, 0.25) is 0 Å². The SMILES string of the molecule is CN(C)CCCN(C)c1cc(N)cc(F)c1. The molecular formula is C12H20FN3. The maximum atomic E-state index is 13.1. The third-order valence-electron chi connectivity index (χ3n) is 2.44. The van der Waals surface area contributed by atoms with Gasteiger partial charge in [0.15, 0.2) is 0 Å². The van der Waals surface area contributed by atoms with E-state index < -0.39 is 0 Å². The van der Waals surface area contributed by atoms with Crippen molar-refractivity contribution in [3.63, 3.8) is 0 Å². The molecule has 0 atom stereocenters. The number of hydrogen-bond donors (Lipinski definition) is 1. The lowest BCUT2D eigenvalue weighted by molar-refractivity contribution is 0.401. The maximum Gasteiger partial charge on any atom is 0.127 e. The van der Waals surface area contributed by atoms with E-state index in [0.717, 1.165) is 25.2 Å². The maximum absolute atomic E-state index is 13.1. The van der Waals surface area contributed by atoms with Crippen LogP contribution in [-0.4, -0.2) is 39.1 Å². The van der Waals surface area contributed by atoms with Crippen LogP contribution in [0.15, 0.2) is 18.2 Å². The van der Waals surface area contributed by atoms with Crippen molar-refractivity contribution in [3.8, 4) is 0 Å². The molecule has 0 amide bonds. The summed E-state index contributed by atoms with van der Waals surface area (Å²) in [6.07, 6.45) is 1.04. The lowest BCUT2D eigenvalue weighted by Crippen LogP contribution is -2.23. The minimum atomic E-state index is -0.283. The zero-order chi connectivity index (χ0) is 12.1. The minimum Gasteiger partial charge on any atom is -0.399 e. The van der Waals surface area contributed by atoms with Crippen LogP contribution in [0, 0.1) is 5.82 Å². The normalized spacial score (nSPS) is 10.8. The van der Waals surface area contributed by atoms with Crippen LogP contribution in [0.4, 0.5) is 15.8 Å². The van der Waals surface area contributed by atoms with Gasteiger partial charge >= 0.3 is 0 Å². The Balaban J connectivity index is 2.55. The minimum absolute atomic E-state index is 0.283. The van der Waals surface area contributed by atoms with Crippen LogP contribution in [0.3, 0.4) is 0 Å². The van der Waals surface area contributed by atoms with Crippen molar-refractivity contribution >= 4 is 11.4 Å². The Morgan fingerprint density at radius 1 is 1.12 bits per heavy atom. The summed E-state index contributed by atoms with van der Waals surface area (Å²) in [5, 5.41) is 0. The molecule has 2 N–H and O–H groups in total. The summed E-state index contributed by atoms with van der Waals surface area (Å²) in [5.74, 6) is -0.283. The van der Waals surface area contributed by atoms with E-state index >= 15 is 0 Å². The summed E-state index contributed by atoms with van der Waals surface area (Å²) < 4.78 is 13.1. The first-order valence-electron chi connectivity index (χ1n) is 5.41. The smallest absolute Gasteiger partial charge is 0.127 e. The van der Waals surface area contributed by atoms with Crippen LogP contribution in [-0.2, 0) is 0 Å². The summed E-state index contributed by atoms with van der Waals surface area (Å²) >= 11 is 0. The van der Waals surface area contributed by atoms with Crippen LogP contribution < -0.4 is 10.6 Å². The molecule has 1 aromatic carbocycles. The first-order chi connectivity index (χ1) is 7.49. The molecule has 0 aliphatic carbocycles. The molecule has 0 fully saturated rings. The Morgan fingerprint density at radius 3 is 2.38 bits per heavy atom. The highest BCUT2D eigenvalue weighted by molar-refractivity contribution is 5.55. The lowest BCUT2D eigenvalue weighted by Gasteiger charge is -2.20. The van der Waals surface area contributed by atoms with Gasteiger partial charge in [0.05, 0.1) is 0 Å². The van der Waals surface area contributed by atoms with Gasteiger partial charge in [0.1, 0.15) is 5.82 Å². The molecular weight excluding hydrogens is 205 g/mol.